The van der Waals surface area contributed by atoms with Crippen LogP contribution in [0.4, 0.5) is 0 Å². The average Bonchev–Trinajstić information content (AvgIpc) is 2.91. The first-order chi connectivity index (χ1) is 10.6. The number of amides is 1. The molecule has 120 valence electrons. The standard InChI is InChI=1S/C18H27N3O/c1-2-21-4-3-16(20-21)12-19-17(22)11-18-8-13-5-14(9-18)7-15(6-13)10-18/h3-4,13-15H,2,5-12H2,1H3,(H,19,22). The molecule has 0 unspecified atom stereocenters. The number of nitrogens with one attached hydrogen (secondary N) is 1. The van der Waals surface area contributed by atoms with Gasteiger partial charge >= 0.3 is 0 Å². The summed E-state index contributed by atoms with van der Waals surface area (Å²) in [5.41, 5.74) is 1.29. The molecule has 1 amide bonds. The summed E-state index contributed by atoms with van der Waals surface area (Å²) in [6, 6.07) is 1.99. The molecule has 0 saturated heterocycles. The van der Waals surface area contributed by atoms with Crippen molar-refractivity contribution < 1.29 is 4.79 Å². The van der Waals surface area contributed by atoms with E-state index in [0.717, 1.165) is 36.4 Å². The molecule has 0 radical (unpaired) electrons. The van der Waals surface area contributed by atoms with Gasteiger partial charge < -0.3 is 5.32 Å². The Labute approximate surface area is 132 Å². The van der Waals surface area contributed by atoms with E-state index in [-0.39, 0.29) is 5.91 Å². The topological polar surface area (TPSA) is 46.9 Å². The van der Waals surface area contributed by atoms with Gasteiger partial charge in [-0.2, -0.15) is 5.10 Å². The van der Waals surface area contributed by atoms with E-state index in [2.05, 4.69) is 17.3 Å². The van der Waals surface area contributed by atoms with E-state index < -0.39 is 0 Å². The van der Waals surface area contributed by atoms with Gasteiger partial charge in [0.1, 0.15) is 0 Å². The number of carbonyl (C=O) groups is 1. The van der Waals surface area contributed by atoms with Gasteiger partial charge in [0.25, 0.3) is 0 Å². The predicted octanol–water partition coefficient (Wildman–Crippen LogP) is 3.13. The first-order valence-corrected chi connectivity index (χ1v) is 8.93. The molecule has 4 aliphatic rings. The van der Waals surface area contributed by atoms with Gasteiger partial charge in [-0.1, -0.05) is 0 Å². The third-order valence-corrected chi connectivity index (χ3v) is 6.19. The van der Waals surface area contributed by atoms with Crippen LogP contribution in [0.2, 0.25) is 0 Å². The number of aromatic nitrogens is 2. The lowest BCUT2D eigenvalue weighted by Gasteiger charge is -2.56. The van der Waals surface area contributed by atoms with Crippen molar-refractivity contribution in [3.63, 3.8) is 0 Å². The summed E-state index contributed by atoms with van der Waals surface area (Å²) >= 11 is 0. The van der Waals surface area contributed by atoms with E-state index in [0.29, 0.717) is 12.0 Å². The molecule has 0 atom stereocenters. The maximum absolute atomic E-state index is 12.4. The number of aryl methyl sites for hydroxylation is 1. The average molecular weight is 301 g/mol. The molecule has 4 bridgehead atoms. The highest BCUT2D eigenvalue weighted by atomic mass is 16.1. The number of carbonyl (C=O) groups excluding carboxylic acids is 1. The molecule has 1 N–H and O–H groups in total. The summed E-state index contributed by atoms with van der Waals surface area (Å²) in [7, 11) is 0. The van der Waals surface area contributed by atoms with Crippen molar-refractivity contribution in [3.8, 4) is 0 Å². The molecular formula is C18H27N3O. The van der Waals surface area contributed by atoms with Crippen molar-refractivity contribution in [1.82, 2.24) is 15.1 Å². The fourth-order valence-electron chi connectivity index (χ4n) is 5.77. The van der Waals surface area contributed by atoms with Gasteiger partial charge in [-0.3, -0.25) is 9.48 Å². The van der Waals surface area contributed by atoms with Crippen LogP contribution in [-0.4, -0.2) is 15.7 Å². The molecule has 1 aromatic rings. The fourth-order valence-corrected chi connectivity index (χ4v) is 5.77. The maximum Gasteiger partial charge on any atom is 0.220 e. The van der Waals surface area contributed by atoms with Crippen molar-refractivity contribution >= 4 is 5.91 Å². The highest BCUT2D eigenvalue weighted by molar-refractivity contribution is 5.76. The van der Waals surface area contributed by atoms with Crippen LogP contribution >= 0.6 is 0 Å². The Hall–Kier alpha value is -1.32. The van der Waals surface area contributed by atoms with Crippen molar-refractivity contribution in [1.29, 1.82) is 0 Å². The normalized spacial score (nSPS) is 35.8. The van der Waals surface area contributed by atoms with Crippen LogP contribution in [0.5, 0.6) is 0 Å². The van der Waals surface area contributed by atoms with Crippen LogP contribution in [-0.2, 0) is 17.9 Å². The molecule has 4 heteroatoms. The van der Waals surface area contributed by atoms with Gasteiger partial charge in [0.05, 0.1) is 12.2 Å². The van der Waals surface area contributed by atoms with Gasteiger partial charge in [-0.25, -0.2) is 0 Å². The van der Waals surface area contributed by atoms with Gasteiger partial charge in [-0.05, 0) is 74.7 Å². The molecule has 0 aromatic carbocycles. The molecule has 22 heavy (non-hydrogen) atoms. The second-order valence-corrected chi connectivity index (χ2v) is 8.03. The first kappa shape index (κ1) is 14.3. The summed E-state index contributed by atoms with van der Waals surface area (Å²) in [6.07, 6.45) is 10.9. The van der Waals surface area contributed by atoms with E-state index in [1.54, 1.807) is 0 Å². The summed E-state index contributed by atoms with van der Waals surface area (Å²) in [4.78, 5) is 12.4. The van der Waals surface area contributed by atoms with E-state index >= 15 is 0 Å². The van der Waals surface area contributed by atoms with Gasteiger partial charge in [0, 0.05) is 19.2 Å². The van der Waals surface area contributed by atoms with Crippen molar-refractivity contribution in [3.05, 3.63) is 18.0 Å². The molecule has 4 nitrogen and oxygen atoms in total. The third kappa shape index (κ3) is 2.68. The Kier molecular flexibility index (Phi) is 3.50. The molecular weight excluding hydrogens is 274 g/mol. The minimum absolute atomic E-state index is 0.230. The fraction of sp³-hybridized carbons (Fsp3) is 0.778. The number of hydrogen-bond acceptors (Lipinski definition) is 2. The monoisotopic (exact) mass is 301 g/mol. The molecule has 0 spiro atoms. The molecule has 0 aliphatic heterocycles. The molecule has 1 aromatic heterocycles. The minimum Gasteiger partial charge on any atom is -0.350 e. The SMILES string of the molecule is CCn1ccc(CNC(=O)CC23CC4CC(CC(C4)C2)C3)n1. The van der Waals surface area contributed by atoms with E-state index in [4.69, 9.17) is 0 Å². The molecule has 1 heterocycles. The van der Waals surface area contributed by atoms with Gasteiger partial charge in [0.2, 0.25) is 5.91 Å². The summed E-state index contributed by atoms with van der Waals surface area (Å²) in [5, 5.41) is 7.53. The van der Waals surface area contributed by atoms with Crippen molar-refractivity contribution in [2.24, 2.45) is 23.2 Å². The molecule has 4 aliphatic carbocycles. The van der Waals surface area contributed by atoms with Crippen molar-refractivity contribution in [2.75, 3.05) is 0 Å². The smallest absolute Gasteiger partial charge is 0.220 e. The number of hydrogen-bond donors (Lipinski definition) is 1. The Balaban J connectivity index is 1.34. The zero-order valence-corrected chi connectivity index (χ0v) is 13.6. The van der Waals surface area contributed by atoms with E-state index in [1.807, 2.05) is 16.9 Å². The van der Waals surface area contributed by atoms with Crippen LogP contribution in [0.15, 0.2) is 12.3 Å². The Morgan fingerprint density at radius 1 is 1.27 bits per heavy atom. The Morgan fingerprint density at radius 3 is 2.45 bits per heavy atom. The lowest BCUT2D eigenvalue weighted by Crippen LogP contribution is -2.47. The summed E-state index contributed by atoms with van der Waals surface area (Å²) < 4.78 is 1.90. The highest BCUT2D eigenvalue weighted by Crippen LogP contribution is 2.61. The molecule has 4 saturated carbocycles. The first-order valence-electron chi connectivity index (χ1n) is 8.93. The van der Waals surface area contributed by atoms with Crippen LogP contribution in [0.1, 0.15) is 57.6 Å². The van der Waals surface area contributed by atoms with Crippen LogP contribution in [0, 0.1) is 23.2 Å². The summed E-state index contributed by atoms with van der Waals surface area (Å²) in [5.74, 6) is 2.98. The predicted molar refractivity (Wildman–Crippen MR) is 85.0 cm³/mol. The van der Waals surface area contributed by atoms with E-state index in [9.17, 15) is 4.79 Å². The second kappa shape index (κ2) is 5.39. The van der Waals surface area contributed by atoms with Gasteiger partial charge in [0.15, 0.2) is 0 Å². The minimum atomic E-state index is 0.230. The summed E-state index contributed by atoms with van der Waals surface area (Å²) in [6.45, 7) is 3.52. The zero-order chi connectivity index (χ0) is 15.2. The third-order valence-electron chi connectivity index (χ3n) is 6.19. The maximum atomic E-state index is 12.4. The van der Waals surface area contributed by atoms with Crippen LogP contribution < -0.4 is 5.32 Å². The van der Waals surface area contributed by atoms with Crippen molar-refractivity contribution in [2.45, 2.75) is 65.0 Å². The zero-order valence-electron chi connectivity index (χ0n) is 13.6. The lowest BCUT2D eigenvalue weighted by molar-refractivity contribution is -0.129. The molecule has 4 fully saturated rings. The second-order valence-electron chi connectivity index (χ2n) is 8.03. The van der Waals surface area contributed by atoms with E-state index in [1.165, 1.54) is 38.5 Å². The number of rotatable bonds is 5. The Morgan fingerprint density at radius 2 is 1.91 bits per heavy atom. The Bertz CT molecular complexity index is 527. The lowest BCUT2D eigenvalue weighted by atomic mass is 9.49. The van der Waals surface area contributed by atoms with Crippen LogP contribution in [0.25, 0.3) is 0 Å². The largest absolute Gasteiger partial charge is 0.350 e. The number of nitrogens with zero attached hydrogens (tertiary/aromatic N) is 2. The highest BCUT2D eigenvalue weighted by Gasteiger charge is 2.51. The quantitative estimate of drug-likeness (QED) is 0.908. The molecule has 5 rings (SSSR count). The van der Waals surface area contributed by atoms with Gasteiger partial charge in [-0.15, -0.1) is 0 Å². The van der Waals surface area contributed by atoms with Crippen LogP contribution in [0.3, 0.4) is 0 Å².